The molecule has 29 heavy (non-hydrogen) atoms. The lowest BCUT2D eigenvalue weighted by Crippen LogP contribution is -2.49. The third-order valence-corrected chi connectivity index (χ3v) is 7.36. The Balaban J connectivity index is 1.44. The van der Waals surface area contributed by atoms with E-state index in [0.29, 0.717) is 37.7 Å². The number of pyridine rings is 1. The second-order valence-corrected chi connectivity index (χ2v) is 9.29. The summed E-state index contributed by atoms with van der Waals surface area (Å²) in [6, 6.07) is 11.4. The normalized spacial score (nSPS) is 16.2. The number of hydrogen-bond acceptors (Lipinski definition) is 5. The minimum Gasteiger partial charge on any atom is -0.282 e. The molecule has 0 bridgehead atoms. The van der Waals surface area contributed by atoms with Gasteiger partial charge in [-0.25, -0.2) is 8.42 Å². The van der Waals surface area contributed by atoms with Gasteiger partial charge in [0.05, 0.1) is 17.3 Å². The molecule has 0 amide bonds. The first-order valence-electron chi connectivity index (χ1n) is 9.67. The van der Waals surface area contributed by atoms with E-state index in [0.717, 1.165) is 22.4 Å². The van der Waals surface area contributed by atoms with Crippen molar-refractivity contribution in [2.75, 3.05) is 26.2 Å². The van der Waals surface area contributed by atoms with Crippen molar-refractivity contribution in [3.05, 3.63) is 66.1 Å². The minimum atomic E-state index is -3.47. The monoisotopic (exact) mass is 411 g/mol. The van der Waals surface area contributed by atoms with Gasteiger partial charge in [-0.3, -0.25) is 14.6 Å². The van der Waals surface area contributed by atoms with E-state index < -0.39 is 10.0 Å². The molecular formula is C21H25N5O2S. The molecular weight excluding hydrogens is 386 g/mol. The van der Waals surface area contributed by atoms with E-state index in [2.05, 4.69) is 15.0 Å². The van der Waals surface area contributed by atoms with Crippen molar-refractivity contribution in [3.8, 4) is 11.3 Å². The summed E-state index contributed by atoms with van der Waals surface area (Å²) in [5, 5.41) is 4.44. The van der Waals surface area contributed by atoms with E-state index in [-0.39, 0.29) is 0 Å². The van der Waals surface area contributed by atoms with Crippen LogP contribution in [0.1, 0.15) is 11.1 Å². The fourth-order valence-corrected chi connectivity index (χ4v) is 5.37. The van der Waals surface area contributed by atoms with Crippen LogP contribution in [0.3, 0.4) is 0 Å². The van der Waals surface area contributed by atoms with Crippen LogP contribution in [0.2, 0.25) is 0 Å². The van der Waals surface area contributed by atoms with E-state index >= 15 is 0 Å². The molecule has 7 nitrogen and oxygen atoms in total. The van der Waals surface area contributed by atoms with Crippen molar-refractivity contribution in [2.45, 2.75) is 25.4 Å². The van der Waals surface area contributed by atoms with Crippen LogP contribution in [0.5, 0.6) is 0 Å². The van der Waals surface area contributed by atoms with E-state index in [4.69, 9.17) is 0 Å². The van der Waals surface area contributed by atoms with Crippen molar-refractivity contribution >= 4 is 10.0 Å². The van der Waals surface area contributed by atoms with Crippen LogP contribution in [0.4, 0.5) is 0 Å². The molecule has 0 atom stereocenters. The van der Waals surface area contributed by atoms with Gasteiger partial charge >= 0.3 is 0 Å². The third kappa shape index (κ3) is 4.10. The summed E-state index contributed by atoms with van der Waals surface area (Å²) in [7, 11) is -3.47. The summed E-state index contributed by atoms with van der Waals surface area (Å²) in [5.41, 5.74) is 3.95. The second kappa shape index (κ2) is 8.06. The molecule has 8 heteroatoms. The molecule has 0 unspecified atom stereocenters. The lowest BCUT2D eigenvalue weighted by atomic mass is 10.2. The van der Waals surface area contributed by atoms with Crippen molar-refractivity contribution in [3.63, 3.8) is 0 Å². The zero-order valence-electron chi connectivity index (χ0n) is 16.7. The van der Waals surface area contributed by atoms with Crippen LogP contribution < -0.4 is 0 Å². The first-order chi connectivity index (χ1) is 13.9. The maximum absolute atomic E-state index is 13.1. The Morgan fingerprint density at radius 3 is 2.34 bits per heavy atom. The largest absolute Gasteiger partial charge is 0.282 e. The average molecular weight is 412 g/mol. The van der Waals surface area contributed by atoms with Gasteiger partial charge in [-0.2, -0.15) is 9.40 Å². The second-order valence-electron chi connectivity index (χ2n) is 7.38. The number of sulfonamides is 1. The molecule has 1 aliphatic heterocycles. The maximum Gasteiger partial charge on any atom is 0.243 e. The molecule has 1 fully saturated rings. The molecule has 0 radical (unpaired) electrons. The molecule has 1 aliphatic rings. The fourth-order valence-electron chi connectivity index (χ4n) is 3.74. The highest BCUT2D eigenvalue weighted by molar-refractivity contribution is 7.89. The molecule has 0 spiro atoms. The molecule has 3 aromatic rings. The number of hydrogen-bond donors (Lipinski definition) is 0. The number of aromatic nitrogens is 3. The van der Waals surface area contributed by atoms with Crippen LogP contribution in [0, 0.1) is 13.8 Å². The lowest BCUT2D eigenvalue weighted by molar-refractivity contribution is 0.146. The Morgan fingerprint density at radius 1 is 0.931 bits per heavy atom. The smallest absolute Gasteiger partial charge is 0.243 e. The Labute approximate surface area is 171 Å². The Kier molecular flexibility index (Phi) is 5.49. The third-order valence-electron chi connectivity index (χ3n) is 5.31. The average Bonchev–Trinajstić information content (AvgIpc) is 3.17. The predicted molar refractivity (Wildman–Crippen MR) is 112 cm³/mol. The van der Waals surface area contributed by atoms with E-state index in [1.54, 1.807) is 29.0 Å². The molecule has 1 saturated heterocycles. The summed E-state index contributed by atoms with van der Waals surface area (Å²) in [6.07, 6.45) is 5.32. The van der Waals surface area contributed by atoms with Gasteiger partial charge in [-0.05, 0) is 43.7 Å². The van der Waals surface area contributed by atoms with Crippen molar-refractivity contribution in [2.24, 2.45) is 0 Å². The molecule has 0 aliphatic carbocycles. The summed E-state index contributed by atoms with van der Waals surface area (Å²) < 4.78 is 29.7. The molecule has 0 N–H and O–H groups in total. The zero-order chi connectivity index (χ0) is 20.4. The molecule has 0 saturated carbocycles. The Morgan fingerprint density at radius 2 is 1.66 bits per heavy atom. The summed E-state index contributed by atoms with van der Waals surface area (Å²) in [5.74, 6) is 0. The maximum atomic E-state index is 13.1. The van der Waals surface area contributed by atoms with Gasteiger partial charge in [-0.15, -0.1) is 0 Å². The van der Waals surface area contributed by atoms with E-state index in [1.807, 2.05) is 48.9 Å². The summed E-state index contributed by atoms with van der Waals surface area (Å²) in [6.45, 7) is 6.73. The topological polar surface area (TPSA) is 71.3 Å². The predicted octanol–water partition coefficient (Wildman–Crippen LogP) is 2.53. The molecule has 3 heterocycles. The summed E-state index contributed by atoms with van der Waals surface area (Å²) >= 11 is 0. The van der Waals surface area contributed by atoms with Crippen LogP contribution in [-0.2, 0) is 16.7 Å². The van der Waals surface area contributed by atoms with Crippen molar-refractivity contribution in [1.82, 2.24) is 24.0 Å². The summed E-state index contributed by atoms with van der Waals surface area (Å²) in [4.78, 5) is 6.70. The Bertz CT molecular complexity index is 1090. The quantitative estimate of drug-likeness (QED) is 0.645. The SMILES string of the molecule is Cc1ccc(S(=O)(=O)N2CCN(Cn3nccc3-c3ccncc3)CC2)c(C)c1. The number of piperazine rings is 1. The highest BCUT2D eigenvalue weighted by atomic mass is 32.2. The fraction of sp³-hybridized carbons (Fsp3) is 0.333. The lowest BCUT2D eigenvalue weighted by Gasteiger charge is -2.34. The van der Waals surface area contributed by atoms with Gasteiger partial charge in [0.2, 0.25) is 10.0 Å². The van der Waals surface area contributed by atoms with Crippen LogP contribution >= 0.6 is 0 Å². The van der Waals surface area contributed by atoms with Gasteiger partial charge < -0.3 is 0 Å². The van der Waals surface area contributed by atoms with Gasteiger partial charge in [-0.1, -0.05) is 17.7 Å². The minimum absolute atomic E-state index is 0.406. The number of rotatable bonds is 5. The number of nitrogens with zero attached hydrogens (tertiary/aromatic N) is 5. The molecule has 4 rings (SSSR count). The first kappa shape index (κ1) is 19.8. The van der Waals surface area contributed by atoms with Crippen LogP contribution in [0.15, 0.2) is 59.9 Å². The number of aryl methyl sites for hydroxylation is 2. The number of benzene rings is 1. The van der Waals surface area contributed by atoms with Crippen molar-refractivity contribution in [1.29, 1.82) is 0 Å². The highest BCUT2D eigenvalue weighted by Crippen LogP contribution is 2.23. The van der Waals surface area contributed by atoms with Crippen LogP contribution in [0.25, 0.3) is 11.3 Å². The molecule has 152 valence electrons. The van der Waals surface area contributed by atoms with E-state index in [1.165, 1.54) is 0 Å². The molecule has 1 aromatic carbocycles. The van der Waals surface area contributed by atoms with Gasteiger partial charge in [0, 0.05) is 50.3 Å². The van der Waals surface area contributed by atoms with Gasteiger partial charge in [0.25, 0.3) is 0 Å². The molecule has 2 aromatic heterocycles. The van der Waals surface area contributed by atoms with E-state index in [9.17, 15) is 8.42 Å². The Hall–Kier alpha value is -2.55. The van der Waals surface area contributed by atoms with Crippen LogP contribution in [-0.4, -0.2) is 58.6 Å². The highest BCUT2D eigenvalue weighted by Gasteiger charge is 2.29. The van der Waals surface area contributed by atoms with Gasteiger partial charge in [0.1, 0.15) is 0 Å². The first-order valence-corrected chi connectivity index (χ1v) is 11.1. The van der Waals surface area contributed by atoms with Gasteiger partial charge in [0.15, 0.2) is 0 Å². The van der Waals surface area contributed by atoms with Crippen molar-refractivity contribution < 1.29 is 8.42 Å². The standard InChI is InChI=1S/C21H25N5O2S/c1-17-3-4-21(18(2)15-17)29(27,28)25-13-11-24(12-14-25)16-26-20(7-10-23-26)19-5-8-22-9-6-19/h3-10,15H,11-14,16H2,1-2H3. The zero-order valence-corrected chi connectivity index (χ0v) is 17.5.